The highest BCUT2D eigenvalue weighted by Gasteiger charge is 2.20. The molecule has 0 spiro atoms. The molecule has 1 atom stereocenters. The number of aryl methyl sites for hydroxylation is 1. The van der Waals surface area contributed by atoms with Crippen molar-refractivity contribution in [3.05, 3.63) is 82.4 Å². The molecule has 192 valence electrons. The zero-order valence-corrected chi connectivity index (χ0v) is 22.3. The van der Waals surface area contributed by atoms with Crippen LogP contribution in [0.25, 0.3) is 22.1 Å². The van der Waals surface area contributed by atoms with Crippen LogP contribution in [-0.2, 0) is 17.9 Å². The number of amides is 1. The van der Waals surface area contributed by atoms with Gasteiger partial charge in [-0.25, -0.2) is 4.98 Å². The zero-order chi connectivity index (χ0) is 26.2. The molecular formula is C28H24ClN5O3S. The van der Waals surface area contributed by atoms with Crippen LogP contribution in [0.3, 0.4) is 0 Å². The lowest BCUT2D eigenvalue weighted by molar-refractivity contribution is -0.120. The average molecular weight is 546 g/mol. The van der Waals surface area contributed by atoms with E-state index in [0.29, 0.717) is 34.8 Å². The van der Waals surface area contributed by atoms with Crippen LogP contribution in [0.5, 0.6) is 11.5 Å². The van der Waals surface area contributed by atoms with Gasteiger partial charge in [0.2, 0.25) is 17.9 Å². The summed E-state index contributed by atoms with van der Waals surface area (Å²) in [6, 6.07) is 19.7. The molecule has 0 saturated heterocycles. The van der Waals surface area contributed by atoms with E-state index in [1.54, 1.807) is 0 Å². The zero-order valence-electron chi connectivity index (χ0n) is 20.8. The molecule has 0 aliphatic carbocycles. The molecule has 10 heteroatoms. The Kier molecular flexibility index (Phi) is 6.55. The minimum absolute atomic E-state index is 0.119. The Morgan fingerprint density at radius 3 is 2.82 bits per heavy atom. The first-order chi connectivity index (χ1) is 18.4. The first-order valence-electron chi connectivity index (χ1n) is 12.2. The van der Waals surface area contributed by atoms with Gasteiger partial charge in [-0.2, -0.15) is 0 Å². The van der Waals surface area contributed by atoms with Crippen LogP contribution >= 0.6 is 23.4 Å². The highest BCUT2D eigenvalue weighted by Crippen LogP contribution is 2.33. The molecule has 1 unspecified atom stereocenters. The lowest BCUT2D eigenvalue weighted by Gasteiger charge is -2.12. The third-order valence-corrected chi connectivity index (χ3v) is 7.57. The van der Waals surface area contributed by atoms with Crippen molar-refractivity contribution in [2.75, 3.05) is 6.79 Å². The summed E-state index contributed by atoms with van der Waals surface area (Å²) in [4.78, 5) is 17.7. The number of benzene rings is 3. The molecule has 1 N–H and O–H groups in total. The summed E-state index contributed by atoms with van der Waals surface area (Å²) in [5, 5.41) is 13.6. The summed E-state index contributed by atoms with van der Waals surface area (Å²) in [5.74, 6) is 1.29. The summed E-state index contributed by atoms with van der Waals surface area (Å²) in [6.07, 6.45) is 0. The fourth-order valence-corrected chi connectivity index (χ4v) is 5.42. The van der Waals surface area contributed by atoms with Gasteiger partial charge >= 0.3 is 0 Å². The number of rotatable bonds is 7. The predicted octanol–water partition coefficient (Wildman–Crippen LogP) is 5.52. The number of hydrogen-bond donors (Lipinski definition) is 1. The quantitative estimate of drug-likeness (QED) is 0.269. The second-order valence-electron chi connectivity index (χ2n) is 9.17. The summed E-state index contributed by atoms with van der Waals surface area (Å²) in [7, 11) is 0. The van der Waals surface area contributed by atoms with Crippen LogP contribution in [0.15, 0.2) is 65.8 Å². The van der Waals surface area contributed by atoms with Gasteiger partial charge in [0, 0.05) is 23.5 Å². The maximum atomic E-state index is 12.9. The molecule has 1 aliphatic rings. The fourth-order valence-electron chi connectivity index (χ4n) is 4.48. The van der Waals surface area contributed by atoms with Crippen molar-refractivity contribution in [3.8, 4) is 11.5 Å². The van der Waals surface area contributed by atoms with Crippen molar-refractivity contribution >= 4 is 51.3 Å². The lowest BCUT2D eigenvalue weighted by Crippen LogP contribution is -2.30. The van der Waals surface area contributed by atoms with Crippen molar-refractivity contribution < 1.29 is 14.3 Å². The van der Waals surface area contributed by atoms with Gasteiger partial charge in [0.25, 0.3) is 0 Å². The summed E-state index contributed by atoms with van der Waals surface area (Å²) in [5.41, 5.74) is 5.59. The van der Waals surface area contributed by atoms with Crippen molar-refractivity contribution in [2.24, 2.45) is 0 Å². The molecule has 2 aromatic heterocycles. The molecule has 1 amide bonds. The Bertz CT molecular complexity index is 1690. The normalized spacial score (nSPS) is 13.2. The first-order valence-corrected chi connectivity index (χ1v) is 13.4. The van der Waals surface area contributed by atoms with E-state index in [4.69, 9.17) is 26.1 Å². The number of ether oxygens (including phenoxy) is 2. The molecule has 0 radical (unpaired) electrons. The van der Waals surface area contributed by atoms with E-state index in [1.807, 2.05) is 49.4 Å². The smallest absolute Gasteiger partial charge is 0.233 e. The monoisotopic (exact) mass is 545 g/mol. The summed E-state index contributed by atoms with van der Waals surface area (Å²) >= 11 is 7.52. The molecule has 0 fully saturated rings. The van der Waals surface area contributed by atoms with Crippen LogP contribution in [0.4, 0.5) is 0 Å². The van der Waals surface area contributed by atoms with Crippen molar-refractivity contribution in [1.29, 1.82) is 0 Å². The van der Waals surface area contributed by atoms with Crippen LogP contribution in [0.1, 0.15) is 23.6 Å². The molecule has 0 bridgehead atoms. The van der Waals surface area contributed by atoms with Crippen LogP contribution < -0.4 is 14.8 Å². The topological polar surface area (TPSA) is 91.2 Å². The summed E-state index contributed by atoms with van der Waals surface area (Å²) in [6.45, 7) is 5.06. The van der Waals surface area contributed by atoms with Gasteiger partial charge in [0.15, 0.2) is 17.1 Å². The van der Waals surface area contributed by atoms with Crippen LogP contribution in [0, 0.1) is 6.92 Å². The second kappa shape index (κ2) is 10.2. The maximum absolute atomic E-state index is 12.9. The van der Waals surface area contributed by atoms with E-state index in [2.05, 4.69) is 45.2 Å². The van der Waals surface area contributed by atoms with E-state index in [9.17, 15) is 4.79 Å². The maximum Gasteiger partial charge on any atom is 0.233 e. The van der Waals surface area contributed by atoms with Crippen LogP contribution in [0.2, 0.25) is 5.02 Å². The minimum Gasteiger partial charge on any atom is -0.454 e. The number of fused-ring (bicyclic) bond motifs is 4. The van der Waals surface area contributed by atoms with E-state index < -0.39 is 5.25 Å². The van der Waals surface area contributed by atoms with E-state index in [1.165, 1.54) is 11.8 Å². The Labute approximate surface area is 228 Å². The molecule has 5 aromatic rings. The molecule has 0 saturated carbocycles. The largest absolute Gasteiger partial charge is 0.454 e. The number of carbonyl (C=O) groups is 1. The summed E-state index contributed by atoms with van der Waals surface area (Å²) < 4.78 is 12.9. The highest BCUT2D eigenvalue weighted by atomic mass is 35.5. The number of thioether (sulfide) groups is 1. The molecular weight excluding hydrogens is 522 g/mol. The van der Waals surface area contributed by atoms with E-state index in [0.717, 1.165) is 38.8 Å². The van der Waals surface area contributed by atoms with E-state index in [-0.39, 0.29) is 12.7 Å². The Hall–Kier alpha value is -3.82. The number of nitrogens with one attached hydrogen (secondary N) is 1. The Balaban J connectivity index is 1.24. The van der Waals surface area contributed by atoms with Gasteiger partial charge in [-0.15, -0.1) is 10.2 Å². The van der Waals surface area contributed by atoms with Gasteiger partial charge in [-0.05, 0) is 61.4 Å². The lowest BCUT2D eigenvalue weighted by atomic mass is 10.1. The van der Waals surface area contributed by atoms with E-state index >= 15 is 0 Å². The van der Waals surface area contributed by atoms with Gasteiger partial charge in [0.05, 0.1) is 10.8 Å². The van der Waals surface area contributed by atoms with Crippen molar-refractivity contribution in [3.63, 3.8) is 0 Å². The molecule has 3 aromatic carbocycles. The van der Waals surface area contributed by atoms with Gasteiger partial charge < -0.3 is 19.4 Å². The second-order valence-corrected chi connectivity index (χ2v) is 10.9. The third-order valence-electron chi connectivity index (χ3n) is 6.39. The number of carbonyl (C=O) groups excluding carboxylic acids is 1. The Morgan fingerprint density at radius 1 is 1.08 bits per heavy atom. The number of hydrogen-bond acceptors (Lipinski definition) is 7. The fraction of sp³-hybridized carbons (Fsp3) is 0.214. The van der Waals surface area contributed by atoms with Gasteiger partial charge in [-0.3, -0.25) is 4.79 Å². The molecule has 3 heterocycles. The Morgan fingerprint density at radius 2 is 1.95 bits per heavy atom. The number of halogens is 1. The number of aromatic nitrogens is 4. The molecule has 1 aliphatic heterocycles. The SMILES string of the molecule is Cc1ccc2c(c1)c1nnc(SC(C)C(=O)NCc3ccc4c(c3)OCO4)nc1n2Cc1cccc(Cl)c1. The minimum atomic E-state index is -0.420. The predicted molar refractivity (Wildman–Crippen MR) is 148 cm³/mol. The van der Waals surface area contributed by atoms with Crippen molar-refractivity contribution in [1.82, 2.24) is 25.1 Å². The highest BCUT2D eigenvalue weighted by molar-refractivity contribution is 8.00. The number of nitrogens with zero attached hydrogens (tertiary/aromatic N) is 4. The molecule has 8 nitrogen and oxygen atoms in total. The van der Waals surface area contributed by atoms with Crippen molar-refractivity contribution in [2.45, 2.75) is 37.3 Å². The first kappa shape index (κ1) is 24.5. The van der Waals surface area contributed by atoms with Crippen LogP contribution in [-0.4, -0.2) is 37.7 Å². The van der Waals surface area contributed by atoms with Gasteiger partial charge in [-0.1, -0.05) is 53.2 Å². The molecule has 38 heavy (non-hydrogen) atoms. The average Bonchev–Trinajstić information content (AvgIpc) is 3.49. The standard InChI is InChI=1S/C28H24ClN5O3S/c1-16-6-8-22-21(10-16)25-26(34(22)14-19-4-3-5-20(29)11-19)31-28(33-32-25)38-17(2)27(35)30-13-18-7-9-23-24(12-18)37-15-36-23/h3-12,17H,13-15H2,1-2H3,(H,30,35). The molecule has 6 rings (SSSR count). The third kappa shape index (κ3) is 4.87. The van der Waals surface area contributed by atoms with Gasteiger partial charge in [0.1, 0.15) is 5.52 Å².